The summed E-state index contributed by atoms with van der Waals surface area (Å²) in [6.07, 6.45) is 1.90. The molecule has 0 bridgehead atoms. The number of ether oxygens (including phenoxy) is 1. The van der Waals surface area contributed by atoms with Gasteiger partial charge in [-0.05, 0) is 56.4 Å². The van der Waals surface area contributed by atoms with Gasteiger partial charge in [-0.3, -0.25) is 9.59 Å². The van der Waals surface area contributed by atoms with Crippen LogP contribution in [0.1, 0.15) is 44.3 Å². The number of rotatable bonds is 6. The molecule has 2 aromatic carbocycles. The van der Waals surface area contributed by atoms with Gasteiger partial charge in [-0.1, -0.05) is 41.4 Å². The molecule has 1 N–H and O–H groups in total. The van der Waals surface area contributed by atoms with E-state index in [1.54, 1.807) is 29.5 Å². The molecule has 1 aliphatic carbocycles. The van der Waals surface area contributed by atoms with E-state index in [1.807, 2.05) is 36.9 Å². The zero-order chi connectivity index (χ0) is 24.0. The Morgan fingerprint density at radius 2 is 2.03 bits per heavy atom. The Bertz CT molecular complexity index is 1270. The monoisotopic (exact) mass is 495 g/mol. The number of methoxy groups -OCH3 is 1. The minimum absolute atomic E-state index is 0.0505. The van der Waals surface area contributed by atoms with Crippen LogP contribution >= 0.6 is 22.9 Å². The van der Waals surface area contributed by atoms with Gasteiger partial charge in [0.2, 0.25) is 0 Å². The van der Waals surface area contributed by atoms with Gasteiger partial charge in [0.15, 0.2) is 0 Å². The molecule has 0 unspecified atom stereocenters. The Labute approximate surface area is 207 Å². The van der Waals surface area contributed by atoms with Crippen molar-refractivity contribution in [2.45, 2.75) is 38.8 Å². The molecule has 2 amide bonds. The zero-order valence-corrected chi connectivity index (χ0v) is 20.9. The number of carbonyl (C=O) groups excluding carboxylic acids is 2. The summed E-state index contributed by atoms with van der Waals surface area (Å²) in [5.41, 5.74) is 3.04. The fourth-order valence-corrected chi connectivity index (χ4v) is 5.98. The summed E-state index contributed by atoms with van der Waals surface area (Å²) in [5.74, 6) is 0.640. The van der Waals surface area contributed by atoms with Crippen LogP contribution in [0.3, 0.4) is 0 Å². The summed E-state index contributed by atoms with van der Waals surface area (Å²) in [6.45, 7) is 4.35. The summed E-state index contributed by atoms with van der Waals surface area (Å²) in [4.78, 5) is 34.1. The lowest BCUT2D eigenvalue weighted by Gasteiger charge is -2.27. The molecule has 1 saturated carbocycles. The number of piperidine rings is 1. The number of fused-ring (bicyclic) bond motifs is 1. The van der Waals surface area contributed by atoms with Gasteiger partial charge in [0.1, 0.15) is 11.4 Å². The zero-order valence-electron chi connectivity index (χ0n) is 19.3. The van der Waals surface area contributed by atoms with Crippen molar-refractivity contribution in [2.75, 3.05) is 13.7 Å². The lowest BCUT2D eigenvalue weighted by atomic mass is 10.1. The Hall–Kier alpha value is -2.90. The molecule has 1 aromatic heterocycles. The van der Waals surface area contributed by atoms with Gasteiger partial charge in [-0.2, -0.15) is 0 Å². The number of hydrogen-bond donors (Lipinski definition) is 1. The van der Waals surface area contributed by atoms with E-state index in [0.29, 0.717) is 34.5 Å². The number of carbonyl (C=O) groups is 2. The highest BCUT2D eigenvalue weighted by atomic mass is 35.5. The standard InChI is InChI=1S/C26H26ClN3O3S/c1-14-5-4-6-16(9-14)24-23(29-15(2)34-24)26(32)30-19(10-17-11-21(17)30)13-28-25(31)20-12-18(27)7-8-22(20)33-3/h4-9,12,17,19,21H,10-11,13H2,1-3H3,(H,28,31)/t17-,19+,21+/m1/s1. The lowest BCUT2D eigenvalue weighted by Crippen LogP contribution is -2.45. The summed E-state index contributed by atoms with van der Waals surface area (Å²) in [5, 5.41) is 4.32. The Balaban J connectivity index is 1.36. The number of benzene rings is 2. The summed E-state index contributed by atoms with van der Waals surface area (Å²) >= 11 is 7.63. The number of aromatic nitrogens is 1. The molecule has 3 aromatic rings. The molecule has 1 saturated heterocycles. The molecule has 3 atom stereocenters. The number of nitrogens with one attached hydrogen (secondary N) is 1. The van der Waals surface area contributed by atoms with Gasteiger partial charge >= 0.3 is 0 Å². The lowest BCUT2D eigenvalue weighted by molar-refractivity contribution is 0.0684. The molecule has 2 heterocycles. The summed E-state index contributed by atoms with van der Waals surface area (Å²) in [7, 11) is 1.52. The number of likely N-dealkylation sites (tertiary alicyclic amines) is 1. The maximum absolute atomic E-state index is 13.8. The highest BCUT2D eigenvalue weighted by Crippen LogP contribution is 2.48. The van der Waals surface area contributed by atoms with Crippen molar-refractivity contribution < 1.29 is 14.3 Å². The first-order chi connectivity index (χ1) is 16.4. The predicted molar refractivity (Wildman–Crippen MR) is 134 cm³/mol. The van der Waals surface area contributed by atoms with E-state index in [2.05, 4.69) is 16.4 Å². The third kappa shape index (κ3) is 4.30. The van der Waals surface area contributed by atoms with Crippen LogP contribution in [0.5, 0.6) is 5.75 Å². The van der Waals surface area contributed by atoms with Crippen molar-refractivity contribution in [1.82, 2.24) is 15.2 Å². The number of hydrogen-bond acceptors (Lipinski definition) is 5. The van der Waals surface area contributed by atoms with Crippen LogP contribution < -0.4 is 10.1 Å². The number of thiazole rings is 1. The van der Waals surface area contributed by atoms with Crippen molar-refractivity contribution in [2.24, 2.45) is 5.92 Å². The molecule has 34 heavy (non-hydrogen) atoms. The molecule has 8 heteroatoms. The summed E-state index contributed by atoms with van der Waals surface area (Å²) in [6, 6.07) is 13.3. The van der Waals surface area contributed by atoms with E-state index < -0.39 is 0 Å². The second kappa shape index (κ2) is 9.04. The van der Waals surface area contributed by atoms with Gasteiger partial charge in [0, 0.05) is 17.6 Å². The van der Waals surface area contributed by atoms with Gasteiger partial charge < -0.3 is 15.0 Å². The average Bonchev–Trinajstić information content (AvgIpc) is 3.30. The fraction of sp³-hybridized carbons (Fsp3) is 0.346. The third-order valence-electron chi connectivity index (χ3n) is 6.57. The van der Waals surface area contributed by atoms with Crippen LogP contribution in [0.2, 0.25) is 5.02 Å². The Morgan fingerprint density at radius 1 is 1.21 bits per heavy atom. The SMILES string of the molecule is COc1ccc(Cl)cc1C(=O)NC[C@@H]1C[C@@H]2C[C@@H]2N1C(=O)c1nc(C)sc1-c1cccc(C)c1. The number of halogens is 1. The largest absolute Gasteiger partial charge is 0.496 e. The van der Waals surface area contributed by atoms with Crippen LogP contribution in [0, 0.1) is 19.8 Å². The minimum atomic E-state index is -0.266. The Kier molecular flexibility index (Phi) is 6.08. The van der Waals surface area contributed by atoms with E-state index in [9.17, 15) is 9.59 Å². The first kappa shape index (κ1) is 22.9. The second-order valence-corrected chi connectivity index (χ2v) is 10.6. The average molecular weight is 496 g/mol. The molecule has 5 rings (SSSR count). The van der Waals surface area contributed by atoms with Crippen molar-refractivity contribution in [3.05, 3.63) is 69.3 Å². The van der Waals surface area contributed by atoms with Crippen LogP contribution in [-0.4, -0.2) is 47.4 Å². The van der Waals surface area contributed by atoms with Gasteiger partial charge in [0.25, 0.3) is 11.8 Å². The van der Waals surface area contributed by atoms with Crippen LogP contribution in [0.15, 0.2) is 42.5 Å². The third-order valence-corrected chi connectivity index (χ3v) is 7.82. The van der Waals surface area contributed by atoms with E-state index in [-0.39, 0.29) is 23.9 Å². The van der Waals surface area contributed by atoms with E-state index in [4.69, 9.17) is 16.3 Å². The molecular formula is C26H26ClN3O3S. The van der Waals surface area contributed by atoms with E-state index >= 15 is 0 Å². The van der Waals surface area contributed by atoms with Crippen molar-refractivity contribution in [3.63, 3.8) is 0 Å². The summed E-state index contributed by atoms with van der Waals surface area (Å²) < 4.78 is 5.31. The molecule has 0 spiro atoms. The molecule has 2 aliphatic rings. The molecule has 2 fully saturated rings. The second-order valence-electron chi connectivity index (χ2n) is 9.00. The first-order valence-corrected chi connectivity index (χ1v) is 12.5. The smallest absolute Gasteiger partial charge is 0.274 e. The quantitative estimate of drug-likeness (QED) is 0.515. The van der Waals surface area contributed by atoms with Crippen LogP contribution in [-0.2, 0) is 0 Å². The van der Waals surface area contributed by atoms with Crippen LogP contribution in [0.25, 0.3) is 10.4 Å². The maximum atomic E-state index is 13.8. The van der Waals surface area contributed by atoms with Crippen LogP contribution in [0.4, 0.5) is 0 Å². The first-order valence-electron chi connectivity index (χ1n) is 11.3. The molecule has 1 aliphatic heterocycles. The highest BCUT2D eigenvalue weighted by molar-refractivity contribution is 7.15. The normalized spacial score (nSPS) is 20.7. The molecule has 0 radical (unpaired) electrons. The number of nitrogens with zero attached hydrogens (tertiary/aromatic N) is 2. The van der Waals surface area contributed by atoms with Crippen molar-refractivity contribution in [3.8, 4) is 16.2 Å². The van der Waals surface area contributed by atoms with E-state index in [1.165, 1.54) is 7.11 Å². The number of aryl methyl sites for hydroxylation is 2. The highest BCUT2D eigenvalue weighted by Gasteiger charge is 2.54. The van der Waals surface area contributed by atoms with Gasteiger partial charge in [0.05, 0.1) is 28.6 Å². The fourth-order valence-electron chi connectivity index (χ4n) is 4.90. The molecular weight excluding hydrogens is 470 g/mol. The van der Waals surface area contributed by atoms with Crippen molar-refractivity contribution >= 4 is 34.8 Å². The minimum Gasteiger partial charge on any atom is -0.496 e. The topological polar surface area (TPSA) is 71.5 Å². The van der Waals surface area contributed by atoms with Gasteiger partial charge in [-0.25, -0.2) is 4.98 Å². The van der Waals surface area contributed by atoms with Crippen molar-refractivity contribution in [1.29, 1.82) is 0 Å². The van der Waals surface area contributed by atoms with E-state index in [0.717, 1.165) is 33.9 Å². The maximum Gasteiger partial charge on any atom is 0.274 e. The molecule has 176 valence electrons. The molecule has 6 nitrogen and oxygen atoms in total. The Morgan fingerprint density at radius 3 is 2.79 bits per heavy atom. The van der Waals surface area contributed by atoms with Gasteiger partial charge in [-0.15, -0.1) is 11.3 Å². The predicted octanol–water partition coefficient (Wildman–Crippen LogP) is 5.12. The number of amides is 2.